The third-order valence-electron chi connectivity index (χ3n) is 5.85. The van der Waals surface area contributed by atoms with Crippen LogP contribution in [0.15, 0.2) is 0 Å². The first-order valence-corrected chi connectivity index (χ1v) is 9.67. The minimum absolute atomic E-state index is 0.0516. The van der Waals surface area contributed by atoms with Crippen molar-refractivity contribution in [2.45, 2.75) is 115 Å². The molecule has 2 heterocycles. The lowest BCUT2D eigenvalue weighted by Gasteiger charge is -2.63. The normalized spacial score (nSPS) is 29.6. The Bertz CT molecular complexity index is 429. The molecule has 0 unspecified atom stereocenters. The molecule has 5 heteroatoms. The van der Waals surface area contributed by atoms with Crippen molar-refractivity contribution in [3.05, 3.63) is 0 Å². The van der Waals surface area contributed by atoms with Crippen LogP contribution in [0.4, 0.5) is 0 Å². The van der Waals surface area contributed by atoms with E-state index in [1.165, 1.54) is 0 Å². The van der Waals surface area contributed by atoms with Crippen LogP contribution in [0.25, 0.3) is 0 Å². The highest BCUT2D eigenvalue weighted by Gasteiger charge is 2.52. The topological polar surface area (TPSA) is 58.5 Å². The summed E-state index contributed by atoms with van der Waals surface area (Å²) in [5, 5.41) is 0.957. The third kappa shape index (κ3) is 3.45. The fourth-order valence-corrected chi connectivity index (χ4v) is 6.84. The lowest BCUT2D eigenvalue weighted by atomic mass is 9.75. The summed E-state index contributed by atoms with van der Waals surface area (Å²) in [5.74, 6) is 0. The van der Waals surface area contributed by atoms with Crippen LogP contribution in [0.3, 0.4) is 0 Å². The number of likely N-dealkylation sites (tertiary alicyclic amines) is 2. The molecule has 0 aromatic heterocycles. The van der Waals surface area contributed by atoms with Gasteiger partial charge in [-0.2, -0.15) is 0 Å². The SMILES string of the molecule is CC1(C)CC(N)CC(C)(C)N1C(=S)N1C(C)(C)CC(N)CC1(C)C. The second-order valence-corrected chi connectivity index (χ2v) is 10.9. The molecule has 0 atom stereocenters. The molecule has 4 N–H and O–H groups in total. The average Bonchev–Trinajstić information content (AvgIpc) is 2.18. The number of thiocarbonyl (C=S) groups is 1. The molecule has 0 aromatic rings. The zero-order valence-electron chi connectivity index (χ0n) is 16.9. The van der Waals surface area contributed by atoms with Gasteiger partial charge in [0.15, 0.2) is 5.11 Å². The van der Waals surface area contributed by atoms with Gasteiger partial charge in [-0.1, -0.05) is 0 Å². The zero-order chi connectivity index (χ0) is 18.7. The van der Waals surface area contributed by atoms with E-state index in [-0.39, 0.29) is 34.2 Å². The number of nitrogens with two attached hydrogens (primary N) is 2. The van der Waals surface area contributed by atoms with Crippen LogP contribution < -0.4 is 11.5 Å². The quantitative estimate of drug-likeness (QED) is 0.654. The molecule has 2 fully saturated rings. The highest BCUT2D eigenvalue weighted by atomic mass is 32.1. The molecule has 0 saturated carbocycles. The van der Waals surface area contributed by atoms with E-state index in [0.717, 1.165) is 30.8 Å². The van der Waals surface area contributed by atoms with Crippen LogP contribution >= 0.6 is 12.2 Å². The summed E-state index contributed by atoms with van der Waals surface area (Å²) in [6, 6.07) is 0.453. The van der Waals surface area contributed by atoms with Crippen LogP contribution in [0, 0.1) is 0 Å². The second kappa shape index (κ2) is 5.82. The molecule has 0 aromatic carbocycles. The molecule has 0 amide bonds. The third-order valence-corrected chi connectivity index (χ3v) is 6.22. The molecule has 2 aliphatic heterocycles. The average molecular weight is 355 g/mol. The number of nitrogens with zero attached hydrogens (tertiary/aromatic N) is 2. The van der Waals surface area contributed by atoms with Gasteiger partial charge in [-0.15, -0.1) is 0 Å². The fourth-order valence-electron chi connectivity index (χ4n) is 5.85. The first-order valence-electron chi connectivity index (χ1n) is 9.26. The van der Waals surface area contributed by atoms with Crippen LogP contribution in [0.5, 0.6) is 0 Å². The van der Waals surface area contributed by atoms with E-state index in [2.05, 4.69) is 65.2 Å². The number of rotatable bonds is 0. The van der Waals surface area contributed by atoms with Crippen LogP contribution in [-0.2, 0) is 0 Å². The summed E-state index contributed by atoms with van der Waals surface area (Å²) in [6.07, 6.45) is 3.85. The Morgan fingerprint density at radius 2 is 0.875 bits per heavy atom. The number of hydrogen-bond acceptors (Lipinski definition) is 3. The Labute approximate surface area is 154 Å². The summed E-state index contributed by atoms with van der Waals surface area (Å²) in [6.45, 7) is 18.2. The van der Waals surface area contributed by atoms with Gasteiger partial charge >= 0.3 is 0 Å². The van der Waals surface area contributed by atoms with Crippen LogP contribution in [0.2, 0.25) is 0 Å². The summed E-state index contributed by atoms with van der Waals surface area (Å²) in [5.41, 5.74) is 12.5. The Kier molecular flexibility index (Phi) is 4.83. The first-order chi connectivity index (χ1) is 10.6. The van der Waals surface area contributed by atoms with Crippen molar-refractivity contribution in [2.75, 3.05) is 0 Å². The van der Waals surface area contributed by atoms with Gasteiger partial charge in [0.25, 0.3) is 0 Å². The highest BCUT2D eigenvalue weighted by Crippen LogP contribution is 2.44. The van der Waals surface area contributed by atoms with Crippen molar-refractivity contribution in [2.24, 2.45) is 11.5 Å². The molecule has 4 nitrogen and oxygen atoms in total. The highest BCUT2D eigenvalue weighted by molar-refractivity contribution is 7.80. The largest absolute Gasteiger partial charge is 0.339 e. The van der Waals surface area contributed by atoms with E-state index < -0.39 is 0 Å². The van der Waals surface area contributed by atoms with Gasteiger partial charge in [-0.05, 0) is 93.3 Å². The molecular weight excluding hydrogens is 316 g/mol. The van der Waals surface area contributed by atoms with Crippen molar-refractivity contribution in [1.82, 2.24) is 9.80 Å². The van der Waals surface area contributed by atoms with E-state index in [9.17, 15) is 0 Å². The molecule has 2 saturated heterocycles. The van der Waals surface area contributed by atoms with Gasteiger partial charge in [0.05, 0.1) is 0 Å². The summed E-state index contributed by atoms with van der Waals surface area (Å²) >= 11 is 6.14. The van der Waals surface area contributed by atoms with E-state index >= 15 is 0 Å². The molecule has 2 aliphatic rings. The van der Waals surface area contributed by atoms with Gasteiger partial charge in [0, 0.05) is 34.2 Å². The minimum atomic E-state index is -0.0516. The summed E-state index contributed by atoms with van der Waals surface area (Å²) in [7, 11) is 0. The smallest absolute Gasteiger partial charge is 0.173 e. The van der Waals surface area contributed by atoms with Crippen molar-refractivity contribution < 1.29 is 0 Å². The minimum Gasteiger partial charge on any atom is -0.339 e. The van der Waals surface area contributed by atoms with Crippen molar-refractivity contribution in [3.63, 3.8) is 0 Å². The number of hydrogen-bond donors (Lipinski definition) is 2. The number of piperidine rings is 2. The molecule has 0 aliphatic carbocycles. The first kappa shape index (κ1) is 19.9. The second-order valence-electron chi connectivity index (χ2n) is 10.5. The van der Waals surface area contributed by atoms with Gasteiger partial charge in [-0.25, -0.2) is 0 Å². The molecule has 24 heavy (non-hydrogen) atoms. The monoisotopic (exact) mass is 354 g/mol. The van der Waals surface area contributed by atoms with Gasteiger partial charge in [0.2, 0.25) is 0 Å². The lowest BCUT2D eigenvalue weighted by Crippen LogP contribution is -2.73. The molecule has 0 spiro atoms. The lowest BCUT2D eigenvalue weighted by molar-refractivity contribution is -0.0241. The fraction of sp³-hybridized carbons (Fsp3) is 0.947. The van der Waals surface area contributed by atoms with Gasteiger partial charge < -0.3 is 21.3 Å². The Balaban J connectivity index is 2.45. The maximum atomic E-state index is 6.35. The van der Waals surface area contributed by atoms with Crippen molar-refractivity contribution in [1.29, 1.82) is 0 Å². The Morgan fingerprint density at radius 3 is 1.08 bits per heavy atom. The summed E-state index contributed by atoms with van der Waals surface area (Å²) in [4.78, 5) is 4.91. The summed E-state index contributed by atoms with van der Waals surface area (Å²) < 4.78 is 0. The predicted molar refractivity (Wildman–Crippen MR) is 107 cm³/mol. The molecular formula is C19H38N4S. The predicted octanol–water partition coefficient (Wildman–Crippen LogP) is 3.23. The molecule has 140 valence electrons. The van der Waals surface area contributed by atoms with E-state index in [0.29, 0.717) is 0 Å². The molecule has 2 rings (SSSR count). The zero-order valence-corrected chi connectivity index (χ0v) is 17.8. The van der Waals surface area contributed by atoms with E-state index in [4.69, 9.17) is 23.7 Å². The maximum Gasteiger partial charge on any atom is 0.173 e. The molecule has 0 bridgehead atoms. The molecule has 0 radical (unpaired) electrons. The Hall–Kier alpha value is -0.390. The van der Waals surface area contributed by atoms with Crippen LogP contribution in [0.1, 0.15) is 81.1 Å². The standard InChI is InChI=1S/C19H38N4S/c1-16(2)9-13(20)10-17(3,4)22(16)15(24)23-18(5,6)11-14(21)12-19(23,7)8/h13-14H,9-12,20-21H2,1-8H3. The maximum absolute atomic E-state index is 6.35. The van der Waals surface area contributed by atoms with Crippen molar-refractivity contribution in [3.8, 4) is 0 Å². The van der Waals surface area contributed by atoms with Crippen LogP contribution in [-0.4, -0.2) is 49.2 Å². The van der Waals surface area contributed by atoms with E-state index in [1.807, 2.05) is 0 Å². The van der Waals surface area contributed by atoms with E-state index in [1.54, 1.807) is 0 Å². The van der Waals surface area contributed by atoms with Crippen molar-refractivity contribution >= 4 is 17.3 Å². The Morgan fingerprint density at radius 1 is 0.667 bits per heavy atom. The van der Waals surface area contributed by atoms with Gasteiger partial charge in [-0.3, -0.25) is 0 Å². The van der Waals surface area contributed by atoms with Gasteiger partial charge in [0.1, 0.15) is 0 Å².